The van der Waals surface area contributed by atoms with Gasteiger partial charge in [0, 0.05) is 29.9 Å². The van der Waals surface area contributed by atoms with Crippen molar-refractivity contribution in [2.45, 2.75) is 26.3 Å². The van der Waals surface area contributed by atoms with Gasteiger partial charge in [0.15, 0.2) is 5.82 Å². The van der Waals surface area contributed by atoms with E-state index in [4.69, 9.17) is 0 Å². The van der Waals surface area contributed by atoms with Crippen LogP contribution in [-0.2, 0) is 19.4 Å². The number of non-ortho nitro benzene ring substituents is 1. The van der Waals surface area contributed by atoms with Crippen LogP contribution in [0.4, 0.5) is 5.69 Å². The highest BCUT2D eigenvalue weighted by atomic mass is 16.6. The second kappa shape index (κ2) is 5.57. The molecule has 1 aromatic carbocycles. The molecule has 0 saturated carbocycles. The van der Waals surface area contributed by atoms with Gasteiger partial charge >= 0.3 is 0 Å². The van der Waals surface area contributed by atoms with E-state index in [2.05, 4.69) is 22.2 Å². The Bertz CT molecular complexity index is 683. The van der Waals surface area contributed by atoms with Crippen molar-refractivity contribution in [3.05, 3.63) is 51.3 Å². The first-order chi connectivity index (χ1) is 10.2. The van der Waals surface area contributed by atoms with Crippen LogP contribution in [0.2, 0.25) is 0 Å². The molecule has 0 saturated heterocycles. The van der Waals surface area contributed by atoms with Gasteiger partial charge < -0.3 is 5.32 Å². The Labute approximate surface area is 122 Å². The van der Waals surface area contributed by atoms with Gasteiger partial charge in [-0.25, -0.2) is 9.97 Å². The summed E-state index contributed by atoms with van der Waals surface area (Å²) in [5.74, 6) is 0.568. The maximum atomic E-state index is 10.9. The fourth-order valence-corrected chi connectivity index (χ4v) is 2.62. The molecule has 0 atom stereocenters. The molecule has 3 rings (SSSR count). The summed E-state index contributed by atoms with van der Waals surface area (Å²) < 4.78 is 0. The number of nitro groups is 1. The SMILES string of the molecule is CCc1nc(-c2cccc([N+](=O)[O-])c2)nc2c1CCNC2. The normalized spacial score (nSPS) is 13.8. The summed E-state index contributed by atoms with van der Waals surface area (Å²) in [4.78, 5) is 19.7. The summed E-state index contributed by atoms with van der Waals surface area (Å²) >= 11 is 0. The van der Waals surface area contributed by atoms with Gasteiger partial charge in [0.1, 0.15) is 0 Å². The lowest BCUT2D eigenvalue weighted by Crippen LogP contribution is -2.26. The maximum Gasteiger partial charge on any atom is 0.270 e. The van der Waals surface area contributed by atoms with Gasteiger partial charge in [0.05, 0.1) is 10.6 Å². The molecular weight excluding hydrogens is 268 g/mol. The molecule has 0 aliphatic carbocycles. The first-order valence-electron chi connectivity index (χ1n) is 7.03. The summed E-state index contributed by atoms with van der Waals surface area (Å²) in [5, 5.41) is 14.2. The number of nitrogens with zero attached hydrogens (tertiary/aromatic N) is 3. The lowest BCUT2D eigenvalue weighted by Gasteiger charge is -2.19. The molecule has 1 aliphatic heterocycles. The summed E-state index contributed by atoms with van der Waals surface area (Å²) in [6.45, 7) is 3.74. The lowest BCUT2D eigenvalue weighted by atomic mass is 10.0. The highest BCUT2D eigenvalue weighted by Gasteiger charge is 2.18. The number of nitro benzene ring substituents is 1. The van der Waals surface area contributed by atoms with E-state index < -0.39 is 4.92 Å². The van der Waals surface area contributed by atoms with Crippen LogP contribution in [0.5, 0.6) is 0 Å². The first-order valence-corrected chi connectivity index (χ1v) is 7.03. The molecule has 6 heteroatoms. The van der Waals surface area contributed by atoms with Crippen LogP contribution in [0.15, 0.2) is 24.3 Å². The van der Waals surface area contributed by atoms with Crippen LogP contribution in [0.1, 0.15) is 23.9 Å². The Morgan fingerprint density at radius 1 is 1.38 bits per heavy atom. The zero-order chi connectivity index (χ0) is 14.8. The summed E-state index contributed by atoms with van der Waals surface area (Å²) in [7, 11) is 0. The van der Waals surface area contributed by atoms with Crippen LogP contribution in [0, 0.1) is 10.1 Å². The fourth-order valence-electron chi connectivity index (χ4n) is 2.62. The van der Waals surface area contributed by atoms with Gasteiger partial charge in [-0.3, -0.25) is 10.1 Å². The van der Waals surface area contributed by atoms with Crippen LogP contribution >= 0.6 is 0 Å². The van der Waals surface area contributed by atoms with Gasteiger partial charge in [0.2, 0.25) is 0 Å². The summed E-state index contributed by atoms with van der Waals surface area (Å²) in [6.07, 6.45) is 1.78. The van der Waals surface area contributed by atoms with E-state index in [1.807, 2.05) is 6.07 Å². The molecule has 21 heavy (non-hydrogen) atoms. The van der Waals surface area contributed by atoms with E-state index in [-0.39, 0.29) is 5.69 Å². The molecule has 0 fully saturated rings. The first kappa shape index (κ1) is 13.6. The third-order valence-electron chi connectivity index (χ3n) is 3.67. The smallest absolute Gasteiger partial charge is 0.270 e. The largest absolute Gasteiger partial charge is 0.311 e. The second-order valence-corrected chi connectivity index (χ2v) is 5.01. The molecule has 0 bridgehead atoms. The molecule has 6 nitrogen and oxygen atoms in total. The van der Waals surface area contributed by atoms with E-state index in [0.29, 0.717) is 11.4 Å². The van der Waals surface area contributed by atoms with Crippen molar-refractivity contribution in [3.8, 4) is 11.4 Å². The lowest BCUT2D eigenvalue weighted by molar-refractivity contribution is -0.384. The minimum atomic E-state index is -0.399. The van der Waals surface area contributed by atoms with Gasteiger partial charge in [-0.15, -0.1) is 0 Å². The van der Waals surface area contributed by atoms with E-state index in [1.165, 1.54) is 17.7 Å². The molecule has 2 aromatic rings. The standard InChI is InChI=1S/C15H16N4O2/c1-2-13-12-6-7-16-9-14(12)18-15(17-13)10-4-3-5-11(8-10)19(20)21/h3-5,8,16H,2,6-7,9H2,1H3. The Morgan fingerprint density at radius 3 is 3.00 bits per heavy atom. The van der Waals surface area contributed by atoms with E-state index in [1.54, 1.807) is 6.07 Å². The number of nitrogens with one attached hydrogen (secondary N) is 1. The number of fused-ring (bicyclic) bond motifs is 1. The average molecular weight is 284 g/mol. The van der Waals surface area contributed by atoms with Crippen molar-refractivity contribution < 1.29 is 4.92 Å². The highest BCUT2D eigenvalue weighted by molar-refractivity contribution is 5.60. The molecule has 1 aliphatic rings. The number of benzene rings is 1. The van der Waals surface area contributed by atoms with Crippen LogP contribution in [0.25, 0.3) is 11.4 Å². The van der Waals surface area contributed by atoms with Crippen molar-refractivity contribution in [2.75, 3.05) is 6.54 Å². The number of hydrogen-bond acceptors (Lipinski definition) is 5. The summed E-state index contributed by atoms with van der Waals surface area (Å²) in [6, 6.07) is 6.48. The second-order valence-electron chi connectivity index (χ2n) is 5.01. The van der Waals surface area contributed by atoms with Crippen molar-refractivity contribution in [3.63, 3.8) is 0 Å². The monoisotopic (exact) mass is 284 g/mol. The third-order valence-corrected chi connectivity index (χ3v) is 3.67. The number of hydrogen-bond donors (Lipinski definition) is 1. The average Bonchev–Trinajstić information content (AvgIpc) is 2.53. The van der Waals surface area contributed by atoms with E-state index in [0.717, 1.165) is 37.3 Å². The predicted octanol–water partition coefficient (Wildman–Crippen LogP) is 2.26. The van der Waals surface area contributed by atoms with Gasteiger partial charge in [0.25, 0.3) is 5.69 Å². The minimum absolute atomic E-state index is 0.0602. The molecule has 0 spiro atoms. The topological polar surface area (TPSA) is 81.0 Å². The summed E-state index contributed by atoms with van der Waals surface area (Å²) in [5.41, 5.74) is 4.03. The molecule has 2 heterocycles. The van der Waals surface area contributed by atoms with Crippen molar-refractivity contribution in [1.29, 1.82) is 0 Å². The zero-order valence-corrected chi connectivity index (χ0v) is 11.8. The van der Waals surface area contributed by atoms with Crippen LogP contribution < -0.4 is 5.32 Å². The number of aryl methyl sites for hydroxylation is 1. The van der Waals surface area contributed by atoms with Gasteiger partial charge in [-0.1, -0.05) is 19.1 Å². The molecule has 1 aromatic heterocycles. The Kier molecular flexibility index (Phi) is 3.62. The molecular formula is C15H16N4O2. The third kappa shape index (κ3) is 2.62. The fraction of sp³-hybridized carbons (Fsp3) is 0.333. The molecule has 0 unspecified atom stereocenters. The van der Waals surface area contributed by atoms with Crippen LogP contribution in [0.3, 0.4) is 0 Å². The number of aromatic nitrogens is 2. The zero-order valence-electron chi connectivity index (χ0n) is 11.8. The van der Waals surface area contributed by atoms with Gasteiger partial charge in [-0.2, -0.15) is 0 Å². The van der Waals surface area contributed by atoms with Gasteiger partial charge in [-0.05, 0) is 24.9 Å². The van der Waals surface area contributed by atoms with Crippen molar-refractivity contribution in [1.82, 2.24) is 15.3 Å². The molecule has 0 amide bonds. The Morgan fingerprint density at radius 2 is 2.24 bits per heavy atom. The Hall–Kier alpha value is -2.34. The molecule has 0 radical (unpaired) electrons. The Balaban J connectivity index is 2.10. The van der Waals surface area contributed by atoms with Crippen LogP contribution in [-0.4, -0.2) is 21.4 Å². The molecule has 1 N–H and O–H groups in total. The highest BCUT2D eigenvalue weighted by Crippen LogP contribution is 2.24. The van der Waals surface area contributed by atoms with E-state index in [9.17, 15) is 10.1 Å². The maximum absolute atomic E-state index is 10.9. The quantitative estimate of drug-likeness (QED) is 0.690. The number of rotatable bonds is 3. The predicted molar refractivity (Wildman–Crippen MR) is 78.9 cm³/mol. The molecule has 108 valence electrons. The van der Waals surface area contributed by atoms with Crippen molar-refractivity contribution >= 4 is 5.69 Å². The van der Waals surface area contributed by atoms with Crippen molar-refractivity contribution in [2.24, 2.45) is 0 Å². The minimum Gasteiger partial charge on any atom is -0.311 e. The van der Waals surface area contributed by atoms with E-state index >= 15 is 0 Å².